The van der Waals surface area contributed by atoms with Crippen LogP contribution in [-0.4, -0.2) is 34.2 Å². The lowest BCUT2D eigenvalue weighted by atomic mass is 9.85. The summed E-state index contributed by atoms with van der Waals surface area (Å²) in [6, 6.07) is 6.35. The number of fused-ring (bicyclic) bond motifs is 3. The number of ketones is 1. The quantitative estimate of drug-likeness (QED) is 0.707. The van der Waals surface area contributed by atoms with Crippen molar-refractivity contribution in [2.75, 3.05) is 6.61 Å². The Kier molecular flexibility index (Phi) is 3.12. The Hall–Kier alpha value is -2.18. The summed E-state index contributed by atoms with van der Waals surface area (Å²) in [7, 11) is 0. The maximum absolute atomic E-state index is 12.6. The molecule has 6 nitrogen and oxygen atoms in total. The third-order valence-electron chi connectivity index (χ3n) is 4.16. The zero-order chi connectivity index (χ0) is 16.1. The predicted octanol–water partition coefficient (Wildman–Crippen LogP) is 0.590. The van der Waals surface area contributed by atoms with E-state index in [-0.39, 0.29) is 29.0 Å². The summed E-state index contributed by atoms with van der Waals surface area (Å²) in [4.78, 5) is 24.9. The molecule has 6 heteroatoms. The number of benzene rings is 1. The van der Waals surface area contributed by atoms with Gasteiger partial charge < -0.3 is 20.3 Å². The molecule has 0 spiro atoms. The monoisotopic (exact) mass is 303 g/mol. The molecule has 0 bridgehead atoms. The minimum Gasteiger partial charge on any atom is -0.462 e. The fraction of sp³-hybridized carbons (Fsp3) is 0.375. The summed E-state index contributed by atoms with van der Waals surface area (Å²) in [5.74, 6) is -1.51. The third kappa shape index (κ3) is 1.56. The van der Waals surface area contributed by atoms with Gasteiger partial charge in [-0.25, -0.2) is 4.79 Å². The average molecular weight is 303 g/mol. The second-order valence-corrected chi connectivity index (χ2v) is 5.56. The number of carbonyl (C=O) groups is 2. The first-order valence-corrected chi connectivity index (χ1v) is 7.13. The molecule has 0 radical (unpaired) electrons. The first kappa shape index (κ1) is 14.7. The lowest BCUT2D eigenvalue weighted by Gasteiger charge is -2.31. The summed E-state index contributed by atoms with van der Waals surface area (Å²) >= 11 is 0. The normalized spacial score (nSPS) is 29.2. The molecular weight excluding hydrogens is 286 g/mol. The fourth-order valence-corrected chi connectivity index (χ4v) is 3.18. The number of esters is 1. The van der Waals surface area contributed by atoms with E-state index in [1.807, 2.05) is 6.92 Å². The number of hydrogen-bond donors (Lipinski definition) is 3. The number of Topliss-reactive ketones (excluding diaryl/α,β-unsaturated/α-hetero) is 1. The maximum Gasteiger partial charge on any atom is 0.339 e. The van der Waals surface area contributed by atoms with E-state index in [0.29, 0.717) is 6.42 Å². The Balaban J connectivity index is 2.13. The molecule has 3 rings (SSSR count). The van der Waals surface area contributed by atoms with Crippen LogP contribution in [0.5, 0.6) is 0 Å². The topological polar surface area (TPSA) is 95.9 Å². The smallest absolute Gasteiger partial charge is 0.339 e. The first-order valence-electron chi connectivity index (χ1n) is 7.13. The van der Waals surface area contributed by atoms with Gasteiger partial charge in [0.25, 0.3) is 0 Å². The Morgan fingerprint density at radius 3 is 2.68 bits per heavy atom. The SMILES string of the molecule is CCCOC(=O)C1=C(C)NC2(O)c3ccccc3C(=O)C12O. The van der Waals surface area contributed by atoms with Crippen LogP contribution in [-0.2, 0) is 15.3 Å². The van der Waals surface area contributed by atoms with Crippen molar-refractivity contribution in [3.8, 4) is 0 Å². The summed E-state index contributed by atoms with van der Waals surface area (Å²) in [5.41, 5.74) is -3.98. The molecule has 116 valence electrons. The Labute approximate surface area is 127 Å². The number of allylic oxidation sites excluding steroid dienone is 1. The van der Waals surface area contributed by atoms with Crippen LogP contribution >= 0.6 is 0 Å². The predicted molar refractivity (Wildman–Crippen MR) is 76.7 cm³/mol. The van der Waals surface area contributed by atoms with Gasteiger partial charge in [-0.05, 0) is 13.3 Å². The van der Waals surface area contributed by atoms with E-state index in [1.165, 1.54) is 13.0 Å². The van der Waals surface area contributed by atoms with Crippen LogP contribution in [0.25, 0.3) is 0 Å². The lowest BCUT2D eigenvalue weighted by Crippen LogP contribution is -2.56. The molecule has 1 aromatic carbocycles. The van der Waals surface area contributed by atoms with Gasteiger partial charge in [0.1, 0.15) is 5.57 Å². The van der Waals surface area contributed by atoms with Crippen LogP contribution < -0.4 is 5.32 Å². The van der Waals surface area contributed by atoms with Crippen molar-refractivity contribution in [1.29, 1.82) is 0 Å². The van der Waals surface area contributed by atoms with Gasteiger partial charge in [0.05, 0.1) is 6.61 Å². The van der Waals surface area contributed by atoms with Gasteiger partial charge in [0.2, 0.25) is 17.1 Å². The summed E-state index contributed by atoms with van der Waals surface area (Å²) in [6.45, 7) is 3.53. The van der Waals surface area contributed by atoms with Gasteiger partial charge in [-0.15, -0.1) is 0 Å². The van der Waals surface area contributed by atoms with Crippen LogP contribution in [0, 0.1) is 0 Å². The molecule has 2 atom stereocenters. The molecule has 22 heavy (non-hydrogen) atoms. The van der Waals surface area contributed by atoms with E-state index in [4.69, 9.17) is 4.74 Å². The molecule has 1 heterocycles. The molecule has 2 aliphatic rings. The van der Waals surface area contributed by atoms with E-state index in [0.717, 1.165) is 0 Å². The molecule has 0 saturated carbocycles. The van der Waals surface area contributed by atoms with E-state index >= 15 is 0 Å². The fourth-order valence-electron chi connectivity index (χ4n) is 3.18. The second-order valence-electron chi connectivity index (χ2n) is 5.56. The van der Waals surface area contributed by atoms with Crippen molar-refractivity contribution in [2.24, 2.45) is 0 Å². The zero-order valence-corrected chi connectivity index (χ0v) is 12.3. The van der Waals surface area contributed by atoms with E-state index in [1.54, 1.807) is 18.2 Å². The van der Waals surface area contributed by atoms with Crippen LogP contribution in [0.2, 0.25) is 0 Å². The van der Waals surface area contributed by atoms with Crippen molar-refractivity contribution >= 4 is 11.8 Å². The molecule has 0 amide bonds. The molecule has 0 aromatic heterocycles. The summed E-state index contributed by atoms with van der Waals surface area (Å²) < 4.78 is 5.05. The molecule has 1 aromatic rings. The molecule has 1 aliphatic carbocycles. The van der Waals surface area contributed by atoms with Crippen molar-refractivity contribution in [3.05, 3.63) is 46.7 Å². The van der Waals surface area contributed by atoms with Crippen molar-refractivity contribution in [2.45, 2.75) is 31.6 Å². The lowest BCUT2D eigenvalue weighted by molar-refractivity contribution is -0.147. The number of rotatable bonds is 3. The van der Waals surface area contributed by atoms with Crippen LogP contribution in [0.4, 0.5) is 0 Å². The number of carbonyl (C=O) groups excluding carboxylic acids is 2. The van der Waals surface area contributed by atoms with Gasteiger partial charge in [-0.1, -0.05) is 31.2 Å². The van der Waals surface area contributed by atoms with Gasteiger partial charge in [-0.3, -0.25) is 4.79 Å². The molecule has 3 N–H and O–H groups in total. The largest absolute Gasteiger partial charge is 0.462 e. The van der Waals surface area contributed by atoms with Crippen LogP contribution in [0.15, 0.2) is 35.5 Å². The third-order valence-corrected chi connectivity index (χ3v) is 4.16. The van der Waals surface area contributed by atoms with Gasteiger partial charge >= 0.3 is 5.97 Å². The zero-order valence-electron chi connectivity index (χ0n) is 12.3. The van der Waals surface area contributed by atoms with Gasteiger partial charge in [-0.2, -0.15) is 0 Å². The number of aliphatic hydroxyl groups is 2. The maximum atomic E-state index is 12.6. The summed E-state index contributed by atoms with van der Waals surface area (Å²) in [6.07, 6.45) is 0.613. The standard InChI is InChI=1S/C16H17NO5/c1-3-8-22-14(19)12-9(2)17-16(21)11-7-5-4-6-10(11)13(18)15(12,16)20/h4-7,17,20-21H,3,8H2,1-2H3. The number of nitrogens with one attached hydrogen (secondary N) is 1. The highest BCUT2D eigenvalue weighted by Crippen LogP contribution is 2.51. The molecular formula is C16H17NO5. The highest BCUT2D eigenvalue weighted by Gasteiger charge is 2.70. The number of ether oxygens (including phenoxy) is 1. The average Bonchev–Trinajstić information content (AvgIpc) is 2.80. The number of hydrogen-bond acceptors (Lipinski definition) is 6. The van der Waals surface area contributed by atoms with Crippen molar-refractivity contribution < 1.29 is 24.5 Å². The van der Waals surface area contributed by atoms with E-state index < -0.39 is 23.1 Å². The molecule has 0 saturated heterocycles. The Morgan fingerprint density at radius 1 is 1.32 bits per heavy atom. The first-order chi connectivity index (χ1) is 10.4. The molecule has 0 fully saturated rings. The van der Waals surface area contributed by atoms with E-state index in [2.05, 4.69) is 5.32 Å². The van der Waals surface area contributed by atoms with Crippen LogP contribution in [0.3, 0.4) is 0 Å². The minimum atomic E-state index is -2.37. The van der Waals surface area contributed by atoms with Crippen molar-refractivity contribution in [3.63, 3.8) is 0 Å². The molecule has 1 aliphatic heterocycles. The summed E-state index contributed by atoms with van der Waals surface area (Å²) in [5, 5.41) is 24.5. The highest BCUT2D eigenvalue weighted by atomic mass is 16.5. The van der Waals surface area contributed by atoms with Crippen LogP contribution in [0.1, 0.15) is 36.2 Å². The molecule has 2 unspecified atom stereocenters. The highest BCUT2D eigenvalue weighted by molar-refractivity contribution is 6.16. The Bertz CT molecular complexity index is 710. The Morgan fingerprint density at radius 2 is 2.00 bits per heavy atom. The van der Waals surface area contributed by atoms with Crippen molar-refractivity contribution in [1.82, 2.24) is 5.32 Å². The van der Waals surface area contributed by atoms with Gasteiger partial charge in [0, 0.05) is 16.8 Å². The van der Waals surface area contributed by atoms with Gasteiger partial charge in [0.15, 0.2) is 0 Å². The minimum absolute atomic E-state index is 0.172. The second kappa shape index (κ2) is 4.66. The van der Waals surface area contributed by atoms with E-state index in [9.17, 15) is 19.8 Å².